The van der Waals surface area contributed by atoms with E-state index in [1.54, 1.807) is 0 Å². The van der Waals surface area contributed by atoms with Crippen LogP contribution in [0.5, 0.6) is 0 Å². The molecule has 168 valence electrons. The van der Waals surface area contributed by atoms with Gasteiger partial charge in [0.05, 0.1) is 0 Å². The molecule has 0 spiro atoms. The molecule has 0 aromatic rings. The number of carbonyl (C=O) groups is 2. The van der Waals surface area contributed by atoms with Crippen molar-refractivity contribution in [2.75, 3.05) is 40.8 Å². The molecular weight excluding hydrogens is 420 g/mol. The van der Waals surface area contributed by atoms with Crippen LogP contribution in [0.3, 0.4) is 0 Å². The number of hydrogen-bond acceptors (Lipinski definition) is 8. The predicted octanol–water partition coefficient (Wildman–Crippen LogP) is 4.36. The third kappa shape index (κ3) is 12.1. The highest BCUT2D eigenvalue weighted by molar-refractivity contribution is 7.55. The van der Waals surface area contributed by atoms with E-state index < -0.39 is 51.4 Å². The predicted molar refractivity (Wildman–Crippen MR) is 103 cm³/mol. The highest BCUT2D eigenvalue weighted by Gasteiger charge is 2.30. The van der Waals surface area contributed by atoms with Crippen LogP contribution in [0.1, 0.15) is 39.5 Å². The van der Waals surface area contributed by atoms with Gasteiger partial charge in [-0.3, -0.25) is 18.7 Å². The van der Waals surface area contributed by atoms with Crippen LogP contribution in [0.4, 0.5) is 8.78 Å². The van der Waals surface area contributed by atoms with E-state index >= 15 is 0 Å². The van der Waals surface area contributed by atoms with Gasteiger partial charge in [-0.25, -0.2) is 8.78 Å². The molecule has 0 aromatic heterocycles. The molecule has 0 saturated heterocycles. The molecule has 0 N–H and O–H groups in total. The first-order chi connectivity index (χ1) is 13.0. The third-order valence-corrected chi connectivity index (χ3v) is 7.30. The fraction of sp³-hybridized carbons (Fsp3) is 0.875. The van der Waals surface area contributed by atoms with Crippen molar-refractivity contribution in [1.82, 2.24) is 0 Å². The van der Waals surface area contributed by atoms with Crippen LogP contribution in [0.15, 0.2) is 0 Å². The van der Waals surface area contributed by atoms with Crippen molar-refractivity contribution in [2.24, 2.45) is 0 Å². The molecule has 0 aliphatic rings. The molecule has 0 rings (SSSR count). The van der Waals surface area contributed by atoms with E-state index in [1.807, 2.05) is 6.92 Å². The van der Waals surface area contributed by atoms with Gasteiger partial charge in [0.2, 0.25) is 0 Å². The summed E-state index contributed by atoms with van der Waals surface area (Å²) in [7, 11) is -2.12. The van der Waals surface area contributed by atoms with Gasteiger partial charge in [0.25, 0.3) is 0 Å². The molecule has 0 aliphatic carbocycles. The number of rotatable bonds is 14. The lowest BCUT2D eigenvalue weighted by Crippen LogP contribution is -2.20. The lowest BCUT2D eigenvalue weighted by Gasteiger charge is -2.13. The van der Waals surface area contributed by atoms with Crippen LogP contribution >= 0.6 is 15.2 Å². The highest BCUT2D eigenvalue weighted by Crippen LogP contribution is 2.47. The van der Waals surface area contributed by atoms with Crippen LogP contribution in [-0.4, -0.2) is 64.7 Å². The quantitative estimate of drug-likeness (QED) is 0.358. The summed E-state index contributed by atoms with van der Waals surface area (Å²) in [5.41, 5.74) is 0. The number of Topliss-reactive ketones (excluding diaryl/α,β-unsaturated/α-hetero) is 2. The zero-order valence-electron chi connectivity index (χ0n) is 17.3. The second-order valence-electron chi connectivity index (χ2n) is 5.69. The SMILES string of the molecule is CCC(F)C(=O)CP(=O)(OC)OC.CCCCC(F)C(=O)CP(=O)(OC)OC. The first-order valence-corrected chi connectivity index (χ1v) is 12.2. The number of carbonyl (C=O) groups excluding carboxylic acids is 2. The van der Waals surface area contributed by atoms with Crippen molar-refractivity contribution in [2.45, 2.75) is 51.9 Å². The average Bonchev–Trinajstić information content (AvgIpc) is 2.71. The molecule has 0 fully saturated rings. The summed E-state index contributed by atoms with van der Waals surface area (Å²) >= 11 is 0. The van der Waals surface area contributed by atoms with Crippen molar-refractivity contribution in [3.05, 3.63) is 0 Å². The second-order valence-corrected chi connectivity index (χ2v) is 10.2. The van der Waals surface area contributed by atoms with E-state index in [9.17, 15) is 27.5 Å². The maximum atomic E-state index is 13.2. The van der Waals surface area contributed by atoms with Gasteiger partial charge in [-0.15, -0.1) is 0 Å². The fourth-order valence-electron chi connectivity index (χ4n) is 1.76. The van der Waals surface area contributed by atoms with E-state index in [-0.39, 0.29) is 12.8 Å². The first kappa shape index (κ1) is 29.7. The lowest BCUT2D eigenvalue weighted by molar-refractivity contribution is -0.122. The molecule has 0 amide bonds. The van der Waals surface area contributed by atoms with Gasteiger partial charge in [-0.05, 0) is 12.8 Å². The topological polar surface area (TPSA) is 105 Å². The Bertz CT molecular complexity index is 543. The summed E-state index contributed by atoms with van der Waals surface area (Å²) in [5.74, 6) is -1.45. The van der Waals surface area contributed by atoms with Crippen LogP contribution < -0.4 is 0 Å². The van der Waals surface area contributed by atoms with Crippen LogP contribution in [-0.2, 0) is 36.8 Å². The minimum atomic E-state index is -3.41. The maximum absolute atomic E-state index is 13.2. The van der Waals surface area contributed by atoms with Crippen LogP contribution in [0.25, 0.3) is 0 Å². The monoisotopic (exact) mass is 452 g/mol. The zero-order valence-corrected chi connectivity index (χ0v) is 19.1. The first-order valence-electron chi connectivity index (χ1n) is 8.72. The van der Waals surface area contributed by atoms with Crippen molar-refractivity contribution in [3.63, 3.8) is 0 Å². The Morgan fingerprint density at radius 3 is 1.43 bits per heavy atom. The minimum Gasteiger partial charge on any atom is -0.312 e. The Balaban J connectivity index is 0. The van der Waals surface area contributed by atoms with Crippen molar-refractivity contribution < 1.29 is 45.6 Å². The van der Waals surface area contributed by atoms with Crippen molar-refractivity contribution in [1.29, 1.82) is 0 Å². The summed E-state index contributed by atoms with van der Waals surface area (Å²) in [6.07, 6.45) is -2.45. The number of halogens is 2. The number of hydrogen-bond donors (Lipinski definition) is 0. The summed E-state index contributed by atoms with van der Waals surface area (Å²) in [6, 6.07) is 0. The second kappa shape index (κ2) is 15.4. The molecule has 28 heavy (non-hydrogen) atoms. The highest BCUT2D eigenvalue weighted by atomic mass is 31.2. The zero-order chi connectivity index (χ0) is 22.4. The summed E-state index contributed by atoms with van der Waals surface area (Å²) in [4.78, 5) is 22.3. The molecular formula is C16H32F2O8P2. The van der Waals surface area contributed by atoms with Gasteiger partial charge < -0.3 is 18.1 Å². The summed E-state index contributed by atoms with van der Waals surface area (Å²) in [5, 5.41) is 0. The Hall–Kier alpha value is -0.500. The van der Waals surface area contributed by atoms with Crippen molar-refractivity contribution >= 4 is 26.8 Å². The summed E-state index contributed by atoms with van der Waals surface area (Å²) in [6.45, 7) is 3.44. The molecule has 2 unspecified atom stereocenters. The van der Waals surface area contributed by atoms with Gasteiger partial charge in [0.1, 0.15) is 12.3 Å². The molecule has 0 aliphatic heterocycles. The lowest BCUT2D eigenvalue weighted by atomic mass is 10.1. The Labute approximate surface area is 165 Å². The smallest absolute Gasteiger partial charge is 0.312 e. The number of alkyl halides is 2. The standard InChI is InChI=1S/C9H18FO4P.C7H14FO4P/c1-4-5-6-8(10)9(11)7-15(12,13-2)14-3;1-4-6(8)7(9)5-13(10,11-2)12-3/h8H,4-7H2,1-3H3;6H,4-5H2,1-3H3. The third-order valence-electron chi connectivity index (χ3n) is 3.68. The Kier molecular flexibility index (Phi) is 16.3. The van der Waals surface area contributed by atoms with Gasteiger partial charge >= 0.3 is 15.2 Å². The minimum absolute atomic E-state index is 0.0757. The molecule has 8 nitrogen and oxygen atoms in total. The molecule has 2 atom stereocenters. The molecule has 0 saturated carbocycles. The van der Waals surface area contributed by atoms with Gasteiger partial charge in [-0.1, -0.05) is 26.7 Å². The number of ketones is 2. The van der Waals surface area contributed by atoms with Crippen molar-refractivity contribution in [3.8, 4) is 0 Å². The van der Waals surface area contributed by atoms with Gasteiger partial charge in [-0.2, -0.15) is 0 Å². The van der Waals surface area contributed by atoms with E-state index in [0.717, 1.165) is 20.6 Å². The van der Waals surface area contributed by atoms with E-state index in [2.05, 4.69) is 18.1 Å². The molecule has 0 heterocycles. The Morgan fingerprint density at radius 1 is 0.786 bits per heavy atom. The van der Waals surface area contributed by atoms with Crippen LogP contribution in [0, 0.1) is 0 Å². The normalized spacial score (nSPS) is 14.0. The fourth-order valence-corrected chi connectivity index (χ4v) is 3.73. The van der Waals surface area contributed by atoms with Crippen LogP contribution in [0.2, 0.25) is 0 Å². The Morgan fingerprint density at radius 2 is 1.14 bits per heavy atom. The van der Waals surface area contributed by atoms with E-state index in [4.69, 9.17) is 0 Å². The summed E-state index contributed by atoms with van der Waals surface area (Å²) < 4.78 is 66.9. The van der Waals surface area contributed by atoms with Gasteiger partial charge in [0.15, 0.2) is 23.9 Å². The largest absolute Gasteiger partial charge is 0.337 e. The average molecular weight is 452 g/mol. The molecule has 12 heteroatoms. The van der Waals surface area contributed by atoms with E-state index in [0.29, 0.717) is 6.42 Å². The molecule has 0 radical (unpaired) electrons. The molecule has 0 aromatic carbocycles. The maximum Gasteiger partial charge on any atom is 0.337 e. The number of unbranched alkanes of at least 4 members (excludes halogenated alkanes) is 1. The van der Waals surface area contributed by atoms with E-state index in [1.165, 1.54) is 21.1 Å². The van der Waals surface area contributed by atoms with Gasteiger partial charge in [0, 0.05) is 28.4 Å². The molecule has 0 bridgehead atoms.